The van der Waals surface area contributed by atoms with Crippen molar-refractivity contribution >= 4 is 56.4 Å². The number of nitro groups is 1. The standard InChI is InChI=1S/C27H23N3O8S2/c1-16-4-8-20(12-18(16)3)28-25(31)15-29-26(32)24(39-27(29)33)13-19-6-9-21(10-7-19)38-40(36,37)22-11-5-17(2)23(14-22)30(34)35/h4-14H,15H2,1-3H3,(H,28,31)/b24-13-. The van der Waals surface area contributed by atoms with Crippen LogP contribution in [0.5, 0.6) is 5.75 Å². The average Bonchev–Trinajstić information content (AvgIpc) is 3.14. The van der Waals surface area contributed by atoms with Crippen molar-refractivity contribution in [2.24, 2.45) is 0 Å². The first-order valence-corrected chi connectivity index (χ1v) is 14.0. The largest absolute Gasteiger partial charge is 0.379 e. The molecule has 0 radical (unpaired) electrons. The molecule has 11 nitrogen and oxygen atoms in total. The summed E-state index contributed by atoms with van der Waals surface area (Å²) >= 11 is 0.682. The van der Waals surface area contributed by atoms with Crippen molar-refractivity contribution in [3.63, 3.8) is 0 Å². The monoisotopic (exact) mass is 581 g/mol. The van der Waals surface area contributed by atoms with Crippen molar-refractivity contribution in [1.82, 2.24) is 4.90 Å². The summed E-state index contributed by atoms with van der Waals surface area (Å²) in [5.41, 5.74) is 3.03. The summed E-state index contributed by atoms with van der Waals surface area (Å²) in [6.07, 6.45) is 1.44. The number of benzene rings is 3. The fourth-order valence-electron chi connectivity index (χ4n) is 3.69. The number of carbonyl (C=O) groups is 3. The second-order valence-electron chi connectivity index (χ2n) is 8.93. The Morgan fingerprint density at radius 3 is 2.33 bits per heavy atom. The molecule has 40 heavy (non-hydrogen) atoms. The van der Waals surface area contributed by atoms with Crippen molar-refractivity contribution in [2.45, 2.75) is 25.7 Å². The van der Waals surface area contributed by atoms with Crippen LogP contribution >= 0.6 is 11.8 Å². The molecule has 0 atom stereocenters. The first-order valence-electron chi connectivity index (χ1n) is 11.8. The van der Waals surface area contributed by atoms with E-state index in [1.807, 2.05) is 19.9 Å². The molecular formula is C27H23N3O8S2. The molecule has 3 aromatic carbocycles. The maximum absolute atomic E-state index is 12.8. The van der Waals surface area contributed by atoms with Gasteiger partial charge in [0.25, 0.3) is 16.8 Å². The quantitative estimate of drug-likeness (QED) is 0.168. The first-order chi connectivity index (χ1) is 18.8. The molecule has 206 valence electrons. The number of nitrogens with zero attached hydrogens (tertiary/aromatic N) is 2. The fourth-order valence-corrected chi connectivity index (χ4v) is 5.48. The highest BCUT2D eigenvalue weighted by Gasteiger charge is 2.36. The lowest BCUT2D eigenvalue weighted by atomic mass is 10.1. The molecule has 3 amide bonds. The Morgan fingerprint density at radius 1 is 1.00 bits per heavy atom. The zero-order valence-electron chi connectivity index (χ0n) is 21.5. The van der Waals surface area contributed by atoms with Crippen LogP contribution in [0.15, 0.2) is 70.5 Å². The van der Waals surface area contributed by atoms with Crippen molar-refractivity contribution < 1.29 is 31.9 Å². The Hall–Kier alpha value is -4.49. The van der Waals surface area contributed by atoms with Crippen LogP contribution in [0, 0.1) is 30.9 Å². The number of hydrogen-bond donors (Lipinski definition) is 1. The number of thioether (sulfide) groups is 1. The summed E-state index contributed by atoms with van der Waals surface area (Å²) in [5.74, 6) is -1.21. The van der Waals surface area contributed by atoms with Gasteiger partial charge < -0.3 is 9.50 Å². The van der Waals surface area contributed by atoms with Gasteiger partial charge in [0.15, 0.2) is 0 Å². The Kier molecular flexibility index (Phi) is 8.07. The molecule has 1 N–H and O–H groups in total. The summed E-state index contributed by atoms with van der Waals surface area (Å²) in [4.78, 5) is 48.7. The highest BCUT2D eigenvalue weighted by molar-refractivity contribution is 8.18. The normalized spacial score (nSPS) is 14.5. The molecule has 0 aromatic heterocycles. The highest BCUT2D eigenvalue weighted by Crippen LogP contribution is 2.33. The molecule has 0 spiro atoms. The van der Waals surface area contributed by atoms with Crippen LogP contribution in [0.25, 0.3) is 6.08 Å². The van der Waals surface area contributed by atoms with E-state index in [4.69, 9.17) is 4.18 Å². The van der Waals surface area contributed by atoms with Crippen molar-refractivity contribution in [1.29, 1.82) is 0 Å². The van der Waals surface area contributed by atoms with Gasteiger partial charge in [-0.15, -0.1) is 0 Å². The lowest BCUT2D eigenvalue weighted by Crippen LogP contribution is -2.36. The molecule has 13 heteroatoms. The molecule has 4 rings (SSSR count). The maximum atomic E-state index is 12.8. The minimum Gasteiger partial charge on any atom is -0.379 e. The van der Waals surface area contributed by atoms with Gasteiger partial charge in [0.1, 0.15) is 17.2 Å². The van der Waals surface area contributed by atoms with Gasteiger partial charge in [-0.1, -0.05) is 24.3 Å². The summed E-state index contributed by atoms with van der Waals surface area (Å²) in [7, 11) is -4.35. The maximum Gasteiger partial charge on any atom is 0.339 e. The second kappa shape index (κ2) is 11.3. The smallest absolute Gasteiger partial charge is 0.339 e. The molecule has 1 fully saturated rings. The lowest BCUT2D eigenvalue weighted by Gasteiger charge is -2.13. The van der Waals surface area contributed by atoms with Gasteiger partial charge in [-0.25, -0.2) is 0 Å². The van der Waals surface area contributed by atoms with E-state index in [-0.39, 0.29) is 21.2 Å². The third-order valence-corrected chi connectivity index (χ3v) is 8.17. The van der Waals surface area contributed by atoms with Crippen molar-refractivity contribution in [3.05, 3.63) is 97.9 Å². The van der Waals surface area contributed by atoms with Gasteiger partial charge in [-0.05, 0) is 85.6 Å². The number of anilines is 1. The second-order valence-corrected chi connectivity index (χ2v) is 11.5. The van der Waals surface area contributed by atoms with Crippen LogP contribution in [0.1, 0.15) is 22.3 Å². The van der Waals surface area contributed by atoms with E-state index in [0.717, 1.165) is 22.1 Å². The molecule has 0 aliphatic carbocycles. The minimum absolute atomic E-state index is 0.0588. The van der Waals surface area contributed by atoms with E-state index >= 15 is 0 Å². The number of aryl methyl sites for hydroxylation is 3. The molecule has 0 bridgehead atoms. The van der Waals surface area contributed by atoms with Crippen LogP contribution in [0.4, 0.5) is 16.2 Å². The summed E-state index contributed by atoms with van der Waals surface area (Å²) in [5, 5.41) is 13.2. The Balaban J connectivity index is 1.42. The molecule has 1 saturated heterocycles. The molecule has 1 aliphatic rings. The number of nitro benzene ring substituents is 1. The SMILES string of the molecule is Cc1ccc(NC(=O)CN2C(=O)S/C(=C\c3ccc(OS(=O)(=O)c4ccc(C)c([N+](=O)[O-])c4)cc3)C2=O)cc1C. The van der Waals surface area contributed by atoms with Crippen LogP contribution in [-0.2, 0) is 19.7 Å². The number of carbonyl (C=O) groups excluding carboxylic acids is 3. The van der Waals surface area contributed by atoms with E-state index in [0.29, 0.717) is 28.6 Å². The Bertz CT molecular complexity index is 1680. The zero-order valence-corrected chi connectivity index (χ0v) is 23.2. The Labute approximate surface area is 234 Å². The van der Waals surface area contributed by atoms with Crippen LogP contribution in [-0.4, -0.2) is 41.8 Å². The summed E-state index contributed by atoms with van der Waals surface area (Å²) in [6.45, 7) is 4.89. The number of rotatable bonds is 8. The van der Waals surface area contributed by atoms with Crippen molar-refractivity contribution in [3.8, 4) is 5.75 Å². The van der Waals surface area contributed by atoms with Crippen molar-refractivity contribution in [2.75, 3.05) is 11.9 Å². The van der Waals surface area contributed by atoms with E-state index in [1.165, 1.54) is 49.4 Å². The van der Waals surface area contributed by atoms with Gasteiger partial charge in [-0.3, -0.25) is 29.4 Å². The van der Waals surface area contributed by atoms with Gasteiger partial charge in [0.2, 0.25) is 5.91 Å². The highest BCUT2D eigenvalue weighted by atomic mass is 32.2. The third kappa shape index (κ3) is 6.38. The van der Waals surface area contributed by atoms with Gasteiger partial charge in [0, 0.05) is 17.3 Å². The minimum atomic E-state index is -4.35. The molecule has 3 aromatic rings. The van der Waals surface area contributed by atoms with Crippen LogP contribution in [0.3, 0.4) is 0 Å². The van der Waals surface area contributed by atoms with Crippen LogP contribution < -0.4 is 9.50 Å². The van der Waals surface area contributed by atoms with Gasteiger partial charge in [0.05, 0.1) is 9.83 Å². The van der Waals surface area contributed by atoms with E-state index in [9.17, 15) is 32.9 Å². The number of imide groups is 1. The third-order valence-electron chi connectivity index (χ3n) is 6.02. The molecule has 1 aliphatic heterocycles. The molecule has 1 heterocycles. The van der Waals surface area contributed by atoms with Crippen LogP contribution in [0.2, 0.25) is 0 Å². The zero-order chi connectivity index (χ0) is 29.2. The molecular weight excluding hydrogens is 558 g/mol. The first kappa shape index (κ1) is 28.5. The summed E-state index contributed by atoms with van der Waals surface area (Å²) in [6, 6.07) is 14.5. The van der Waals surface area contributed by atoms with Gasteiger partial charge in [-0.2, -0.15) is 8.42 Å². The van der Waals surface area contributed by atoms with Gasteiger partial charge >= 0.3 is 10.1 Å². The topological polar surface area (TPSA) is 153 Å². The fraction of sp³-hybridized carbons (Fsp3) is 0.148. The Morgan fingerprint density at radius 2 is 1.68 bits per heavy atom. The van der Waals surface area contributed by atoms with E-state index in [2.05, 4.69) is 5.32 Å². The number of hydrogen-bond acceptors (Lipinski definition) is 9. The number of amides is 3. The van der Waals surface area contributed by atoms with E-state index in [1.54, 1.807) is 12.1 Å². The molecule has 0 saturated carbocycles. The summed E-state index contributed by atoms with van der Waals surface area (Å²) < 4.78 is 30.3. The lowest BCUT2D eigenvalue weighted by molar-refractivity contribution is -0.385. The van der Waals surface area contributed by atoms with E-state index < -0.39 is 38.6 Å². The predicted octanol–water partition coefficient (Wildman–Crippen LogP) is 4.96. The number of nitrogens with one attached hydrogen (secondary N) is 1. The average molecular weight is 582 g/mol. The molecule has 0 unspecified atom stereocenters. The predicted molar refractivity (Wildman–Crippen MR) is 149 cm³/mol.